The van der Waals surface area contributed by atoms with E-state index in [1.165, 1.54) is 23.1 Å². The van der Waals surface area contributed by atoms with Gasteiger partial charge in [0.1, 0.15) is 5.25 Å². The van der Waals surface area contributed by atoms with Crippen LogP contribution in [0.5, 0.6) is 0 Å². The Kier molecular flexibility index (Phi) is 5.67. The smallest absolute Gasteiger partial charge is 0.242 e. The molecule has 0 aliphatic heterocycles. The first-order valence-corrected chi connectivity index (χ1v) is 9.45. The lowest BCUT2D eigenvalue weighted by Gasteiger charge is -2.15. The Morgan fingerprint density at radius 3 is 2.44 bits per heavy atom. The average Bonchev–Trinajstić information content (AvgIpc) is 3.10. The lowest BCUT2D eigenvalue weighted by atomic mass is 10.1. The van der Waals surface area contributed by atoms with E-state index < -0.39 is 5.25 Å². The number of nitrogens with one attached hydrogen (secondary N) is 2. The summed E-state index contributed by atoms with van der Waals surface area (Å²) in [5, 5.41) is 14.5. The molecule has 7 heteroatoms. The second-order valence-electron chi connectivity index (χ2n) is 5.39. The molecule has 0 saturated carbocycles. The maximum absolute atomic E-state index is 12.9. The standard InChI is InChI=1S/C18H18N4OS2/c1-12-8-10-14(11-9-12)20-16(23)15(13-6-4-3-5-7-13)24-18-22-21-17(19-2)25-18/h3-11,15H,1-2H3,(H,19,21)(H,20,23)/t15-/m1/s1. The van der Waals surface area contributed by atoms with E-state index in [2.05, 4.69) is 20.8 Å². The highest BCUT2D eigenvalue weighted by Gasteiger charge is 2.24. The SMILES string of the molecule is CNc1nnc(S[C@@H](C(=O)Nc2ccc(C)cc2)c2ccccc2)s1. The highest BCUT2D eigenvalue weighted by Crippen LogP contribution is 2.38. The van der Waals surface area contributed by atoms with Gasteiger partial charge in [-0.1, -0.05) is 71.1 Å². The van der Waals surface area contributed by atoms with Gasteiger partial charge in [0.15, 0.2) is 4.34 Å². The largest absolute Gasteiger partial charge is 0.363 e. The normalized spacial score (nSPS) is 11.8. The summed E-state index contributed by atoms with van der Waals surface area (Å²) in [4.78, 5) is 12.9. The topological polar surface area (TPSA) is 66.9 Å². The Morgan fingerprint density at radius 2 is 1.80 bits per heavy atom. The van der Waals surface area contributed by atoms with Crippen LogP contribution in [-0.4, -0.2) is 23.2 Å². The van der Waals surface area contributed by atoms with Gasteiger partial charge < -0.3 is 10.6 Å². The fourth-order valence-electron chi connectivity index (χ4n) is 2.20. The minimum absolute atomic E-state index is 0.0822. The van der Waals surface area contributed by atoms with Crippen LogP contribution in [0.2, 0.25) is 0 Å². The summed E-state index contributed by atoms with van der Waals surface area (Å²) in [6.07, 6.45) is 0. The highest BCUT2D eigenvalue weighted by atomic mass is 32.2. The van der Waals surface area contributed by atoms with Gasteiger partial charge in [-0.25, -0.2) is 0 Å². The van der Waals surface area contributed by atoms with E-state index in [0.29, 0.717) is 0 Å². The fourth-order valence-corrected chi connectivity index (χ4v) is 4.10. The van der Waals surface area contributed by atoms with Crippen molar-refractivity contribution in [1.82, 2.24) is 10.2 Å². The quantitative estimate of drug-likeness (QED) is 0.631. The molecule has 0 aliphatic carbocycles. The van der Waals surface area contributed by atoms with E-state index >= 15 is 0 Å². The summed E-state index contributed by atoms with van der Waals surface area (Å²) < 4.78 is 0.747. The van der Waals surface area contributed by atoms with Gasteiger partial charge in [-0.3, -0.25) is 4.79 Å². The van der Waals surface area contributed by atoms with Crippen LogP contribution >= 0.6 is 23.1 Å². The molecule has 25 heavy (non-hydrogen) atoms. The number of hydrogen-bond acceptors (Lipinski definition) is 6. The van der Waals surface area contributed by atoms with Crippen LogP contribution in [0.4, 0.5) is 10.8 Å². The molecule has 5 nitrogen and oxygen atoms in total. The molecule has 0 unspecified atom stereocenters. The zero-order chi connectivity index (χ0) is 17.6. The number of amides is 1. The van der Waals surface area contributed by atoms with Crippen molar-refractivity contribution in [2.45, 2.75) is 16.5 Å². The summed E-state index contributed by atoms with van der Waals surface area (Å²) in [5.74, 6) is -0.0822. The summed E-state index contributed by atoms with van der Waals surface area (Å²) >= 11 is 2.83. The molecule has 0 radical (unpaired) electrons. The zero-order valence-electron chi connectivity index (χ0n) is 13.9. The average molecular weight is 371 g/mol. The van der Waals surface area contributed by atoms with Crippen molar-refractivity contribution in [3.8, 4) is 0 Å². The van der Waals surface area contributed by atoms with E-state index in [4.69, 9.17) is 0 Å². The van der Waals surface area contributed by atoms with E-state index in [1.54, 1.807) is 7.05 Å². The summed E-state index contributed by atoms with van der Waals surface area (Å²) in [6, 6.07) is 17.5. The number of nitrogens with zero attached hydrogens (tertiary/aromatic N) is 2. The van der Waals surface area contributed by atoms with Crippen molar-refractivity contribution in [2.75, 3.05) is 17.7 Å². The number of carbonyl (C=O) groups is 1. The maximum atomic E-state index is 12.9. The third-order valence-corrected chi connectivity index (χ3v) is 5.78. The van der Waals surface area contributed by atoms with Crippen molar-refractivity contribution in [3.63, 3.8) is 0 Å². The Hall–Kier alpha value is -2.38. The molecule has 1 heterocycles. The second-order valence-corrected chi connectivity index (χ2v) is 7.72. The monoisotopic (exact) mass is 370 g/mol. The van der Waals surface area contributed by atoms with E-state index in [0.717, 1.165) is 26.3 Å². The molecule has 3 rings (SSSR count). The predicted molar refractivity (Wildman–Crippen MR) is 104 cm³/mol. The van der Waals surface area contributed by atoms with Crippen LogP contribution in [-0.2, 0) is 4.79 Å². The van der Waals surface area contributed by atoms with Crippen molar-refractivity contribution >= 4 is 39.8 Å². The zero-order valence-corrected chi connectivity index (χ0v) is 15.5. The second kappa shape index (κ2) is 8.13. The van der Waals surface area contributed by atoms with Gasteiger partial charge in [-0.15, -0.1) is 10.2 Å². The van der Waals surface area contributed by atoms with Gasteiger partial charge >= 0.3 is 0 Å². The summed E-state index contributed by atoms with van der Waals surface area (Å²) in [6.45, 7) is 2.02. The number of benzene rings is 2. The van der Waals surface area contributed by atoms with Crippen LogP contribution in [0, 0.1) is 6.92 Å². The number of rotatable bonds is 6. The minimum Gasteiger partial charge on any atom is -0.363 e. The van der Waals surface area contributed by atoms with Gasteiger partial charge in [0, 0.05) is 12.7 Å². The number of carbonyl (C=O) groups excluding carboxylic acids is 1. The van der Waals surface area contributed by atoms with Crippen molar-refractivity contribution in [3.05, 3.63) is 65.7 Å². The molecule has 128 valence electrons. The predicted octanol–water partition coefficient (Wildman–Crippen LogP) is 4.36. The van der Waals surface area contributed by atoms with Crippen LogP contribution in [0.1, 0.15) is 16.4 Å². The number of anilines is 2. The molecule has 1 aromatic heterocycles. The first-order valence-electron chi connectivity index (χ1n) is 7.76. The lowest BCUT2D eigenvalue weighted by Crippen LogP contribution is -2.19. The van der Waals surface area contributed by atoms with Crippen LogP contribution in [0.25, 0.3) is 0 Å². The summed E-state index contributed by atoms with van der Waals surface area (Å²) in [5.41, 5.74) is 2.86. The number of thioether (sulfide) groups is 1. The molecule has 0 aliphatic rings. The molecular formula is C18H18N4OS2. The minimum atomic E-state index is -0.403. The lowest BCUT2D eigenvalue weighted by molar-refractivity contribution is -0.115. The molecule has 1 atom stereocenters. The molecule has 0 saturated heterocycles. The Labute approximate surface area is 154 Å². The Balaban J connectivity index is 1.82. The number of aromatic nitrogens is 2. The third-order valence-electron chi connectivity index (χ3n) is 3.50. The van der Waals surface area contributed by atoms with Gasteiger partial charge in [-0.05, 0) is 24.6 Å². The fraction of sp³-hybridized carbons (Fsp3) is 0.167. The molecule has 0 fully saturated rings. The van der Waals surface area contributed by atoms with Crippen molar-refractivity contribution in [2.24, 2.45) is 0 Å². The Bertz CT molecular complexity index is 834. The van der Waals surface area contributed by atoms with Crippen molar-refractivity contribution in [1.29, 1.82) is 0 Å². The van der Waals surface area contributed by atoms with E-state index in [9.17, 15) is 4.79 Å². The van der Waals surface area contributed by atoms with E-state index in [-0.39, 0.29) is 5.91 Å². The third kappa shape index (κ3) is 4.58. The highest BCUT2D eigenvalue weighted by molar-refractivity contribution is 8.02. The van der Waals surface area contributed by atoms with Gasteiger partial charge in [0.2, 0.25) is 11.0 Å². The number of aryl methyl sites for hydroxylation is 1. The molecule has 1 amide bonds. The van der Waals surface area contributed by atoms with Crippen LogP contribution in [0.3, 0.4) is 0 Å². The van der Waals surface area contributed by atoms with E-state index in [1.807, 2.05) is 61.5 Å². The molecule has 3 aromatic rings. The maximum Gasteiger partial charge on any atom is 0.242 e. The molecular weight excluding hydrogens is 352 g/mol. The van der Waals surface area contributed by atoms with Crippen LogP contribution in [0.15, 0.2) is 58.9 Å². The summed E-state index contributed by atoms with van der Waals surface area (Å²) in [7, 11) is 1.80. The first kappa shape index (κ1) is 17.4. The van der Waals surface area contributed by atoms with Gasteiger partial charge in [-0.2, -0.15) is 0 Å². The first-order chi connectivity index (χ1) is 12.2. The van der Waals surface area contributed by atoms with Crippen molar-refractivity contribution < 1.29 is 4.79 Å². The molecule has 2 N–H and O–H groups in total. The molecule has 2 aromatic carbocycles. The Morgan fingerprint density at radius 1 is 1.08 bits per heavy atom. The molecule has 0 spiro atoms. The van der Waals surface area contributed by atoms with Crippen LogP contribution < -0.4 is 10.6 Å². The molecule has 0 bridgehead atoms. The van der Waals surface area contributed by atoms with Gasteiger partial charge in [0.05, 0.1) is 0 Å². The van der Waals surface area contributed by atoms with Gasteiger partial charge in [0.25, 0.3) is 0 Å². The number of hydrogen-bond donors (Lipinski definition) is 2.